The Labute approximate surface area is 171 Å². The molecule has 0 aromatic heterocycles. The molecule has 2 N–H and O–H groups in total. The minimum absolute atomic E-state index is 0.144. The fourth-order valence-electron chi connectivity index (χ4n) is 2.90. The summed E-state index contributed by atoms with van der Waals surface area (Å²) in [7, 11) is 0. The van der Waals surface area contributed by atoms with E-state index in [-0.39, 0.29) is 11.8 Å². The van der Waals surface area contributed by atoms with Gasteiger partial charge in [-0.2, -0.15) is 0 Å². The second-order valence-electron chi connectivity index (χ2n) is 6.66. The number of anilines is 1. The van der Waals surface area contributed by atoms with Gasteiger partial charge in [0.2, 0.25) is 5.91 Å². The summed E-state index contributed by atoms with van der Waals surface area (Å²) in [6.07, 6.45) is 5.02. The van der Waals surface area contributed by atoms with E-state index in [1.807, 2.05) is 48.5 Å². The summed E-state index contributed by atoms with van der Waals surface area (Å²) in [5.74, 6) is -0.386. The number of nitrogens with one attached hydrogen (secondary N) is 2. The Kier molecular flexibility index (Phi) is 7.35. The van der Waals surface area contributed by atoms with Crippen molar-refractivity contribution in [2.75, 3.05) is 11.9 Å². The van der Waals surface area contributed by atoms with E-state index in [0.717, 1.165) is 18.4 Å². The lowest BCUT2D eigenvalue weighted by molar-refractivity contribution is -0.111. The highest BCUT2D eigenvalue weighted by Crippen LogP contribution is 2.11. The molecule has 0 radical (unpaired) electrons. The molecule has 0 saturated heterocycles. The zero-order valence-corrected chi connectivity index (χ0v) is 16.2. The van der Waals surface area contributed by atoms with E-state index in [1.165, 1.54) is 11.6 Å². The fraction of sp³-hybridized carbons (Fsp3) is 0.120. The van der Waals surface area contributed by atoms with Crippen LogP contribution in [-0.2, 0) is 11.2 Å². The van der Waals surface area contributed by atoms with Crippen molar-refractivity contribution in [1.82, 2.24) is 5.32 Å². The van der Waals surface area contributed by atoms with Crippen LogP contribution in [0.2, 0.25) is 0 Å². The molecule has 0 fully saturated rings. The Balaban J connectivity index is 1.48. The molecular formula is C25H24N2O2. The Morgan fingerprint density at radius 1 is 0.828 bits per heavy atom. The maximum absolute atomic E-state index is 12.4. The molecule has 29 heavy (non-hydrogen) atoms. The molecule has 4 heteroatoms. The number of amides is 2. The Bertz CT molecular complexity index is 966. The van der Waals surface area contributed by atoms with E-state index in [9.17, 15) is 9.59 Å². The minimum atomic E-state index is -0.241. The summed E-state index contributed by atoms with van der Waals surface area (Å²) < 4.78 is 0. The monoisotopic (exact) mass is 384 g/mol. The lowest BCUT2D eigenvalue weighted by Crippen LogP contribution is -2.24. The normalized spacial score (nSPS) is 10.6. The Morgan fingerprint density at radius 3 is 2.31 bits per heavy atom. The molecule has 0 heterocycles. The first-order valence-electron chi connectivity index (χ1n) is 9.67. The van der Waals surface area contributed by atoms with Gasteiger partial charge in [-0.25, -0.2) is 0 Å². The maximum atomic E-state index is 12.4. The van der Waals surface area contributed by atoms with Crippen molar-refractivity contribution in [1.29, 1.82) is 0 Å². The zero-order valence-electron chi connectivity index (χ0n) is 16.2. The van der Waals surface area contributed by atoms with Gasteiger partial charge in [-0.1, -0.05) is 66.7 Å². The van der Waals surface area contributed by atoms with Gasteiger partial charge in [0.15, 0.2) is 0 Å². The summed E-state index contributed by atoms with van der Waals surface area (Å²) >= 11 is 0. The third kappa shape index (κ3) is 6.78. The van der Waals surface area contributed by atoms with E-state index >= 15 is 0 Å². The Hall–Kier alpha value is -3.66. The van der Waals surface area contributed by atoms with Gasteiger partial charge in [0, 0.05) is 23.9 Å². The molecule has 0 aliphatic carbocycles. The van der Waals surface area contributed by atoms with Gasteiger partial charge < -0.3 is 10.6 Å². The largest absolute Gasteiger partial charge is 0.352 e. The van der Waals surface area contributed by atoms with Crippen LogP contribution in [-0.4, -0.2) is 18.4 Å². The van der Waals surface area contributed by atoms with Gasteiger partial charge in [-0.15, -0.1) is 0 Å². The number of carbonyl (C=O) groups excluding carboxylic acids is 2. The number of aryl methyl sites for hydroxylation is 1. The predicted octanol–water partition coefficient (Wildman–Crippen LogP) is 4.70. The molecule has 0 unspecified atom stereocenters. The molecule has 0 aliphatic heterocycles. The molecule has 2 amide bonds. The molecule has 0 bridgehead atoms. The first-order chi connectivity index (χ1) is 14.2. The van der Waals surface area contributed by atoms with Crippen LogP contribution in [0, 0.1) is 0 Å². The zero-order chi connectivity index (χ0) is 20.3. The standard InChI is InChI=1S/C25H24N2O2/c28-24(17-16-21-11-5-2-6-12-21)27-23-15-7-14-22(19-23)25(29)26-18-8-13-20-9-3-1-4-10-20/h1-7,9-12,14-17,19H,8,13,18H2,(H,26,29)(H,27,28)/b17-16+. The fourth-order valence-corrected chi connectivity index (χ4v) is 2.90. The van der Waals surface area contributed by atoms with Crippen molar-refractivity contribution in [2.24, 2.45) is 0 Å². The summed E-state index contributed by atoms with van der Waals surface area (Å²) in [4.78, 5) is 24.5. The van der Waals surface area contributed by atoms with Crippen LogP contribution in [0.3, 0.4) is 0 Å². The smallest absolute Gasteiger partial charge is 0.251 e. The van der Waals surface area contributed by atoms with Gasteiger partial charge in [-0.3, -0.25) is 9.59 Å². The van der Waals surface area contributed by atoms with Crippen molar-refractivity contribution in [3.63, 3.8) is 0 Å². The second-order valence-corrected chi connectivity index (χ2v) is 6.66. The number of rotatable bonds is 8. The highest BCUT2D eigenvalue weighted by atomic mass is 16.2. The van der Waals surface area contributed by atoms with Crippen LogP contribution >= 0.6 is 0 Å². The summed E-state index contributed by atoms with van der Waals surface area (Å²) in [5, 5.41) is 5.72. The summed E-state index contributed by atoms with van der Waals surface area (Å²) in [6, 6.07) is 26.7. The third-order valence-corrected chi connectivity index (χ3v) is 4.39. The highest BCUT2D eigenvalue weighted by Gasteiger charge is 2.07. The third-order valence-electron chi connectivity index (χ3n) is 4.39. The predicted molar refractivity (Wildman–Crippen MR) is 118 cm³/mol. The van der Waals surface area contributed by atoms with Crippen LogP contribution in [0.1, 0.15) is 27.9 Å². The molecule has 4 nitrogen and oxygen atoms in total. The molecule has 0 aliphatic rings. The van der Waals surface area contributed by atoms with Crippen LogP contribution < -0.4 is 10.6 Å². The van der Waals surface area contributed by atoms with Gasteiger partial charge in [0.1, 0.15) is 0 Å². The molecule has 3 aromatic rings. The number of carbonyl (C=O) groups is 2. The lowest BCUT2D eigenvalue weighted by atomic mass is 10.1. The van der Waals surface area contributed by atoms with Gasteiger partial charge >= 0.3 is 0 Å². The van der Waals surface area contributed by atoms with E-state index < -0.39 is 0 Å². The average molecular weight is 384 g/mol. The number of benzene rings is 3. The van der Waals surface area contributed by atoms with Crippen molar-refractivity contribution < 1.29 is 9.59 Å². The highest BCUT2D eigenvalue weighted by molar-refractivity contribution is 6.03. The second kappa shape index (κ2) is 10.6. The van der Waals surface area contributed by atoms with Gasteiger partial charge in [-0.05, 0) is 48.2 Å². The molecule has 3 rings (SSSR count). The average Bonchev–Trinajstić information content (AvgIpc) is 2.77. The van der Waals surface area contributed by atoms with Gasteiger partial charge in [0.25, 0.3) is 5.91 Å². The topological polar surface area (TPSA) is 58.2 Å². The number of hydrogen-bond donors (Lipinski definition) is 2. The van der Waals surface area contributed by atoms with Crippen molar-refractivity contribution in [2.45, 2.75) is 12.8 Å². The first kappa shape index (κ1) is 20.1. The SMILES string of the molecule is O=C(/C=C/c1ccccc1)Nc1cccc(C(=O)NCCCc2ccccc2)c1. The summed E-state index contributed by atoms with van der Waals surface area (Å²) in [5.41, 5.74) is 3.32. The van der Waals surface area contributed by atoms with Crippen LogP contribution in [0.15, 0.2) is 91.0 Å². The Morgan fingerprint density at radius 2 is 1.55 bits per heavy atom. The van der Waals surface area contributed by atoms with Crippen molar-refractivity contribution >= 4 is 23.6 Å². The van der Waals surface area contributed by atoms with Crippen molar-refractivity contribution in [3.8, 4) is 0 Å². The van der Waals surface area contributed by atoms with Crippen LogP contribution in [0.25, 0.3) is 6.08 Å². The van der Waals surface area contributed by atoms with E-state index in [2.05, 4.69) is 22.8 Å². The molecule has 3 aromatic carbocycles. The van der Waals surface area contributed by atoms with E-state index in [0.29, 0.717) is 17.8 Å². The lowest BCUT2D eigenvalue weighted by Gasteiger charge is -2.08. The van der Waals surface area contributed by atoms with E-state index in [1.54, 1.807) is 30.3 Å². The van der Waals surface area contributed by atoms with Gasteiger partial charge in [0.05, 0.1) is 0 Å². The van der Waals surface area contributed by atoms with Crippen LogP contribution in [0.4, 0.5) is 5.69 Å². The number of hydrogen-bond acceptors (Lipinski definition) is 2. The maximum Gasteiger partial charge on any atom is 0.251 e. The molecule has 0 saturated carbocycles. The van der Waals surface area contributed by atoms with E-state index in [4.69, 9.17) is 0 Å². The molecular weight excluding hydrogens is 360 g/mol. The first-order valence-corrected chi connectivity index (χ1v) is 9.67. The molecule has 0 atom stereocenters. The van der Waals surface area contributed by atoms with Crippen molar-refractivity contribution in [3.05, 3.63) is 108 Å². The molecule has 146 valence electrons. The quantitative estimate of drug-likeness (QED) is 0.437. The van der Waals surface area contributed by atoms with Crippen LogP contribution in [0.5, 0.6) is 0 Å². The summed E-state index contributed by atoms with van der Waals surface area (Å²) in [6.45, 7) is 0.601. The minimum Gasteiger partial charge on any atom is -0.352 e. The molecule has 0 spiro atoms.